The lowest BCUT2D eigenvalue weighted by atomic mass is 10.2. The lowest BCUT2D eigenvalue weighted by Gasteiger charge is -2.14. The number of nitrogens with two attached hydrogens (primary N) is 1. The normalized spacial score (nSPS) is 11.3. The van der Waals surface area contributed by atoms with Crippen LogP contribution in [0.4, 0.5) is 19.0 Å². The van der Waals surface area contributed by atoms with Gasteiger partial charge in [0.05, 0.1) is 26.4 Å². The molecule has 2 N–H and O–H groups in total. The van der Waals surface area contributed by atoms with Gasteiger partial charge < -0.3 is 10.6 Å². The number of alkyl halides is 3. The molecule has 144 valence electrons. The van der Waals surface area contributed by atoms with Gasteiger partial charge in [-0.15, -0.1) is 0 Å². The Morgan fingerprint density at radius 3 is 2.41 bits per heavy atom. The number of benzene rings is 1. The van der Waals surface area contributed by atoms with Crippen molar-refractivity contribution in [3.8, 4) is 11.8 Å². The molecule has 2 rings (SSSR count). The fraction of sp³-hybridized carbons (Fsp3) is 0.267. The molecule has 0 fully saturated rings. The Kier molecular flexibility index (Phi) is 6.19. The number of hydrogen-bond acceptors (Lipinski definition) is 5. The lowest BCUT2D eigenvalue weighted by molar-refractivity contribution is -0.137. The zero-order valence-corrected chi connectivity index (χ0v) is 16.3. The zero-order valence-electron chi connectivity index (χ0n) is 13.9. The maximum atomic E-state index is 12.9. The van der Waals surface area contributed by atoms with E-state index in [1.165, 1.54) is 11.8 Å². The molecule has 2 aromatic rings. The minimum atomic E-state index is -4.63. The number of nitrogen functional groups attached to an aromatic ring is 1. The van der Waals surface area contributed by atoms with Crippen LogP contribution in [0, 0.1) is 11.3 Å². The molecule has 0 aliphatic rings. The minimum absolute atomic E-state index is 0.0305. The van der Waals surface area contributed by atoms with Crippen LogP contribution >= 0.6 is 35.0 Å². The standard InChI is InChI=1S/C15H12Cl2F3N5OS/c1-7(26)24(2)6-27-13-11(5-21)23-25(14(13)22)12-9(16)3-8(4-10(12)17)15(18,19)20/h3-4H,6,22H2,1-2H3. The van der Waals surface area contributed by atoms with E-state index >= 15 is 0 Å². The van der Waals surface area contributed by atoms with E-state index in [1.807, 2.05) is 6.07 Å². The summed E-state index contributed by atoms with van der Waals surface area (Å²) < 4.78 is 39.7. The van der Waals surface area contributed by atoms with Crippen LogP contribution in [-0.4, -0.2) is 33.5 Å². The van der Waals surface area contributed by atoms with Gasteiger partial charge in [0.15, 0.2) is 5.69 Å². The fourth-order valence-corrected chi connectivity index (χ4v) is 3.60. The molecule has 0 aliphatic heterocycles. The van der Waals surface area contributed by atoms with E-state index in [-0.39, 0.29) is 43.9 Å². The first kappa shape index (κ1) is 21.2. The third-order valence-electron chi connectivity index (χ3n) is 3.48. The fourth-order valence-electron chi connectivity index (χ4n) is 1.99. The van der Waals surface area contributed by atoms with Gasteiger partial charge in [-0.05, 0) is 12.1 Å². The minimum Gasteiger partial charge on any atom is -0.383 e. The Bertz CT molecular complexity index is 916. The van der Waals surface area contributed by atoms with Crippen LogP contribution in [-0.2, 0) is 11.0 Å². The number of rotatable bonds is 4. The summed E-state index contributed by atoms with van der Waals surface area (Å²) in [5.74, 6) is -0.0353. The largest absolute Gasteiger partial charge is 0.416 e. The molecule has 1 amide bonds. The number of hydrogen-bond donors (Lipinski definition) is 1. The second-order valence-electron chi connectivity index (χ2n) is 5.36. The van der Waals surface area contributed by atoms with Crippen molar-refractivity contribution in [3.63, 3.8) is 0 Å². The van der Waals surface area contributed by atoms with Crippen LogP contribution < -0.4 is 5.73 Å². The Labute approximate surface area is 166 Å². The smallest absolute Gasteiger partial charge is 0.383 e. The van der Waals surface area contributed by atoms with Crippen LogP contribution in [0.3, 0.4) is 0 Å². The summed E-state index contributed by atoms with van der Waals surface area (Å²) >= 11 is 13.0. The van der Waals surface area contributed by atoms with Gasteiger partial charge in [0.2, 0.25) is 5.91 Å². The number of nitrogens with zero attached hydrogens (tertiary/aromatic N) is 4. The first-order valence-corrected chi connectivity index (χ1v) is 8.91. The summed E-state index contributed by atoms with van der Waals surface area (Å²) in [6.07, 6.45) is -4.63. The molecule has 0 bridgehead atoms. The Morgan fingerprint density at radius 1 is 1.41 bits per heavy atom. The van der Waals surface area contributed by atoms with Gasteiger partial charge in [0, 0.05) is 14.0 Å². The Hall–Kier alpha value is -2.09. The van der Waals surface area contributed by atoms with Crippen molar-refractivity contribution in [1.82, 2.24) is 14.7 Å². The summed E-state index contributed by atoms with van der Waals surface area (Å²) in [6.45, 7) is 1.38. The van der Waals surface area contributed by atoms with Crippen LogP contribution in [0.5, 0.6) is 0 Å². The maximum absolute atomic E-state index is 12.9. The number of nitriles is 1. The average Bonchev–Trinajstić information content (AvgIpc) is 2.87. The quantitative estimate of drug-likeness (QED) is 0.572. The number of halogens is 5. The van der Waals surface area contributed by atoms with E-state index in [0.29, 0.717) is 12.1 Å². The molecule has 12 heteroatoms. The van der Waals surface area contributed by atoms with Gasteiger partial charge >= 0.3 is 6.18 Å². The van der Waals surface area contributed by atoms with E-state index in [2.05, 4.69) is 5.10 Å². The SMILES string of the molecule is CC(=O)N(C)CSc1c(C#N)nn(-c2c(Cl)cc(C(F)(F)F)cc2Cl)c1N. The zero-order chi connectivity index (χ0) is 20.5. The Balaban J connectivity index is 2.52. The number of thioether (sulfide) groups is 1. The monoisotopic (exact) mass is 437 g/mol. The maximum Gasteiger partial charge on any atom is 0.416 e. The molecule has 0 radical (unpaired) electrons. The topological polar surface area (TPSA) is 87.9 Å². The number of amides is 1. The molecule has 0 spiro atoms. The molecule has 1 aromatic heterocycles. The third-order valence-corrected chi connectivity index (χ3v) is 5.26. The summed E-state index contributed by atoms with van der Waals surface area (Å²) in [5.41, 5.74) is 4.85. The van der Waals surface area contributed by atoms with E-state index in [9.17, 15) is 23.2 Å². The highest BCUT2D eigenvalue weighted by Gasteiger charge is 2.33. The van der Waals surface area contributed by atoms with Crippen LogP contribution in [0.15, 0.2) is 17.0 Å². The van der Waals surface area contributed by atoms with E-state index < -0.39 is 11.7 Å². The summed E-state index contributed by atoms with van der Waals surface area (Å²) in [7, 11) is 1.56. The predicted molar refractivity (Wildman–Crippen MR) is 96.9 cm³/mol. The van der Waals surface area contributed by atoms with Crippen LogP contribution in [0.2, 0.25) is 10.0 Å². The number of aromatic nitrogens is 2. The van der Waals surface area contributed by atoms with Crippen molar-refractivity contribution in [2.75, 3.05) is 18.7 Å². The summed E-state index contributed by atoms with van der Waals surface area (Å²) in [4.78, 5) is 13.0. The van der Waals surface area contributed by atoms with Crippen LogP contribution in [0.1, 0.15) is 18.2 Å². The van der Waals surface area contributed by atoms with Gasteiger partial charge in [-0.3, -0.25) is 4.79 Å². The van der Waals surface area contributed by atoms with Crippen molar-refractivity contribution in [1.29, 1.82) is 5.26 Å². The second kappa shape index (κ2) is 7.88. The lowest BCUT2D eigenvalue weighted by Crippen LogP contribution is -2.23. The van der Waals surface area contributed by atoms with Gasteiger partial charge in [0.25, 0.3) is 0 Å². The van der Waals surface area contributed by atoms with Crippen molar-refractivity contribution in [3.05, 3.63) is 33.4 Å². The number of anilines is 1. The molecule has 27 heavy (non-hydrogen) atoms. The molecule has 0 atom stereocenters. The third kappa shape index (κ3) is 4.43. The highest BCUT2D eigenvalue weighted by molar-refractivity contribution is 7.99. The van der Waals surface area contributed by atoms with E-state index in [4.69, 9.17) is 28.9 Å². The van der Waals surface area contributed by atoms with Crippen molar-refractivity contribution >= 4 is 46.7 Å². The summed E-state index contributed by atoms with van der Waals surface area (Å²) in [6, 6.07) is 3.25. The number of carbonyl (C=O) groups is 1. The van der Waals surface area contributed by atoms with E-state index in [1.54, 1.807) is 7.05 Å². The van der Waals surface area contributed by atoms with E-state index in [0.717, 1.165) is 16.4 Å². The van der Waals surface area contributed by atoms with Crippen molar-refractivity contribution in [2.24, 2.45) is 0 Å². The predicted octanol–water partition coefficient (Wildman–Crippen LogP) is 4.18. The second-order valence-corrected chi connectivity index (χ2v) is 7.13. The molecule has 1 heterocycles. The first-order valence-electron chi connectivity index (χ1n) is 7.17. The molecule has 0 aliphatic carbocycles. The van der Waals surface area contributed by atoms with Crippen molar-refractivity contribution in [2.45, 2.75) is 18.0 Å². The average molecular weight is 438 g/mol. The number of carbonyl (C=O) groups excluding carboxylic acids is 1. The molecular weight excluding hydrogens is 426 g/mol. The highest BCUT2D eigenvalue weighted by atomic mass is 35.5. The molecular formula is C15H12Cl2F3N5OS. The van der Waals surface area contributed by atoms with Gasteiger partial charge in [-0.25, -0.2) is 4.68 Å². The summed E-state index contributed by atoms with van der Waals surface area (Å²) in [5, 5.41) is 12.6. The molecule has 1 aromatic carbocycles. The van der Waals surface area contributed by atoms with Gasteiger partial charge in [-0.2, -0.15) is 23.5 Å². The Morgan fingerprint density at radius 2 is 1.96 bits per heavy atom. The molecule has 0 unspecified atom stereocenters. The van der Waals surface area contributed by atoms with Crippen molar-refractivity contribution < 1.29 is 18.0 Å². The molecule has 0 saturated carbocycles. The molecule has 6 nitrogen and oxygen atoms in total. The van der Waals surface area contributed by atoms with Crippen LogP contribution in [0.25, 0.3) is 5.69 Å². The first-order chi connectivity index (χ1) is 12.5. The van der Waals surface area contributed by atoms with Gasteiger partial charge in [0.1, 0.15) is 17.6 Å². The molecule has 0 saturated heterocycles. The highest BCUT2D eigenvalue weighted by Crippen LogP contribution is 2.40. The van der Waals surface area contributed by atoms with Gasteiger partial charge in [-0.1, -0.05) is 35.0 Å².